The summed E-state index contributed by atoms with van der Waals surface area (Å²) in [4.78, 5) is 3.86. The Balaban J connectivity index is 3.15. The zero-order valence-electron chi connectivity index (χ0n) is 8.14. The maximum atomic E-state index is 12.1. The second-order valence-electron chi connectivity index (χ2n) is 2.68. The number of nitrogens with zero attached hydrogens (tertiary/aromatic N) is 1. The minimum Gasteiger partial charge on any atom is -0.494 e. The van der Waals surface area contributed by atoms with Gasteiger partial charge in [0, 0.05) is 12.6 Å². The van der Waals surface area contributed by atoms with E-state index in [2.05, 4.69) is 9.72 Å². The van der Waals surface area contributed by atoms with Crippen LogP contribution in [0.25, 0.3) is 0 Å². The van der Waals surface area contributed by atoms with Crippen LogP contribution < -0.4 is 15.2 Å². The van der Waals surface area contributed by atoms with Crippen molar-refractivity contribution in [2.45, 2.75) is 12.9 Å². The molecule has 0 saturated carbocycles. The maximum Gasteiger partial charge on any atom is 0.573 e. The number of ether oxygens (including phenoxy) is 2. The second kappa shape index (κ2) is 5.04. The van der Waals surface area contributed by atoms with Crippen LogP contribution in [0.4, 0.5) is 13.2 Å². The molecule has 1 heterocycles. The molecule has 16 heavy (non-hydrogen) atoms. The quantitative estimate of drug-likeness (QED) is 0.671. The molecule has 0 aliphatic carbocycles. The highest BCUT2D eigenvalue weighted by atomic mass is 127. The summed E-state index contributed by atoms with van der Waals surface area (Å²) < 4.78 is 45.2. The molecule has 0 unspecified atom stereocenters. The van der Waals surface area contributed by atoms with E-state index >= 15 is 0 Å². The number of halogens is 4. The van der Waals surface area contributed by atoms with Gasteiger partial charge in [0.25, 0.3) is 0 Å². The fourth-order valence-electron chi connectivity index (χ4n) is 0.993. The average molecular weight is 348 g/mol. The van der Waals surface area contributed by atoms with E-state index in [-0.39, 0.29) is 18.0 Å². The Hall–Kier alpha value is -0.770. The van der Waals surface area contributed by atoms with Gasteiger partial charge in [-0.1, -0.05) is 0 Å². The number of nitrogens with two attached hydrogens (primary N) is 1. The smallest absolute Gasteiger partial charge is 0.494 e. The van der Waals surface area contributed by atoms with Crippen molar-refractivity contribution in [2.24, 2.45) is 5.73 Å². The molecule has 0 aromatic carbocycles. The molecular weight excluding hydrogens is 340 g/mol. The van der Waals surface area contributed by atoms with Crippen LogP contribution in [-0.4, -0.2) is 18.5 Å². The van der Waals surface area contributed by atoms with Crippen molar-refractivity contribution in [3.63, 3.8) is 0 Å². The Morgan fingerprint density at radius 1 is 1.44 bits per heavy atom. The first-order valence-corrected chi connectivity index (χ1v) is 5.14. The maximum absolute atomic E-state index is 12.1. The zero-order valence-corrected chi connectivity index (χ0v) is 10.3. The Kier molecular flexibility index (Phi) is 4.19. The SMILES string of the molecule is COc1cc(OC(F)(F)F)c(CN)nc1I. The lowest BCUT2D eigenvalue weighted by Crippen LogP contribution is -2.19. The number of alkyl halides is 3. The average Bonchev–Trinajstić information content (AvgIpc) is 2.18. The van der Waals surface area contributed by atoms with Crippen molar-refractivity contribution in [3.05, 3.63) is 15.5 Å². The van der Waals surface area contributed by atoms with Gasteiger partial charge in [-0.15, -0.1) is 13.2 Å². The van der Waals surface area contributed by atoms with Gasteiger partial charge in [0.1, 0.15) is 3.70 Å². The van der Waals surface area contributed by atoms with Gasteiger partial charge in [-0.05, 0) is 22.6 Å². The summed E-state index contributed by atoms with van der Waals surface area (Å²) >= 11 is 1.83. The largest absolute Gasteiger partial charge is 0.573 e. The third-order valence-electron chi connectivity index (χ3n) is 1.62. The van der Waals surface area contributed by atoms with Crippen molar-refractivity contribution >= 4 is 22.6 Å². The molecular formula is C8H8F3IN2O2. The fourth-order valence-corrected chi connectivity index (χ4v) is 1.66. The van der Waals surface area contributed by atoms with Crippen molar-refractivity contribution in [1.29, 1.82) is 0 Å². The summed E-state index contributed by atoms with van der Waals surface area (Å²) in [6.45, 7) is -0.147. The Labute approximate surface area is 103 Å². The van der Waals surface area contributed by atoms with Gasteiger partial charge >= 0.3 is 6.36 Å². The van der Waals surface area contributed by atoms with E-state index in [4.69, 9.17) is 10.5 Å². The second-order valence-corrected chi connectivity index (χ2v) is 3.70. The first-order valence-electron chi connectivity index (χ1n) is 4.06. The van der Waals surface area contributed by atoms with E-state index in [1.165, 1.54) is 7.11 Å². The zero-order chi connectivity index (χ0) is 12.3. The third kappa shape index (κ3) is 3.37. The van der Waals surface area contributed by atoms with Gasteiger partial charge in [-0.25, -0.2) is 4.98 Å². The molecule has 0 aliphatic heterocycles. The lowest BCUT2D eigenvalue weighted by molar-refractivity contribution is -0.275. The molecule has 1 rings (SSSR count). The Morgan fingerprint density at radius 3 is 2.50 bits per heavy atom. The molecule has 8 heteroatoms. The molecule has 1 aromatic rings. The monoisotopic (exact) mass is 348 g/mol. The van der Waals surface area contributed by atoms with Gasteiger partial charge in [0.2, 0.25) is 0 Å². The van der Waals surface area contributed by atoms with Crippen LogP contribution in [0.2, 0.25) is 0 Å². The summed E-state index contributed by atoms with van der Waals surface area (Å²) in [5.41, 5.74) is 5.31. The standard InChI is InChI=1S/C8H8F3IN2O2/c1-15-6-2-5(16-8(9,10)11)4(3-13)14-7(6)12/h2H,3,13H2,1H3. The molecule has 0 amide bonds. The summed E-state index contributed by atoms with van der Waals surface area (Å²) in [6.07, 6.45) is -4.77. The van der Waals surface area contributed by atoms with Gasteiger partial charge in [-0.2, -0.15) is 0 Å². The predicted octanol–water partition coefficient (Wildman–Crippen LogP) is 2.05. The molecule has 0 atom stereocenters. The summed E-state index contributed by atoms with van der Waals surface area (Å²) in [5.74, 6) is -0.232. The molecule has 2 N–H and O–H groups in total. The molecule has 4 nitrogen and oxygen atoms in total. The van der Waals surface area contributed by atoms with Gasteiger partial charge in [0.05, 0.1) is 12.8 Å². The summed E-state index contributed by atoms with van der Waals surface area (Å²) in [7, 11) is 1.33. The molecule has 0 saturated heterocycles. The first kappa shape index (κ1) is 13.3. The number of pyridine rings is 1. The molecule has 90 valence electrons. The van der Waals surface area contributed by atoms with Crippen LogP contribution in [-0.2, 0) is 6.54 Å². The lowest BCUT2D eigenvalue weighted by Gasteiger charge is -2.13. The van der Waals surface area contributed by atoms with Crippen LogP contribution in [0.3, 0.4) is 0 Å². The number of rotatable bonds is 3. The van der Waals surface area contributed by atoms with Gasteiger partial charge in [0.15, 0.2) is 11.5 Å². The van der Waals surface area contributed by atoms with Crippen LogP contribution >= 0.6 is 22.6 Å². The molecule has 0 bridgehead atoms. The van der Waals surface area contributed by atoms with E-state index in [1.807, 2.05) is 22.6 Å². The van der Waals surface area contributed by atoms with E-state index in [1.54, 1.807) is 0 Å². The van der Waals surface area contributed by atoms with Crippen molar-refractivity contribution < 1.29 is 22.6 Å². The normalized spacial score (nSPS) is 11.4. The first-order chi connectivity index (χ1) is 7.37. The Bertz CT molecular complexity index is 384. The predicted molar refractivity (Wildman–Crippen MR) is 58.1 cm³/mol. The topological polar surface area (TPSA) is 57.4 Å². The molecule has 0 spiro atoms. The molecule has 0 radical (unpaired) electrons. The molecule has 0 fully saturated rings. The van der Waals surface area contributed by atoms with Crippen molar-refractivity contribution in [1.82, 2.24) is 4.98 Å². The van der Waals surface area contributed by atoms with E-state index < -0.39 is 12.1 Å². The Morgan fingerprint density at radius 2 is 2.06 bits per heavy atom. The van der Waals surface area contributed by atoms with Crippen LogP contribution in [0.1, 0.15) is 5.69 Å². The molecule has 1 aromatic heterocycles. The highest BCUT2D eigenvalue weighted by Gasteiger charge is 2.32. The minimum atomic E-state index is -4.77. The number of aromatic nitrogens is 1. The van der Waals surface area contributed by atoms with Crippen molar-refractivity contribution in [2.75, 3.05) is 7.11 Å². The van der Waals surface area contributed by atoms with Crippen LogP contribution in [0.15, 0.2) is 6.07 Å². The third-order valence-corrected chi connectivity index (χ3v) is 2.39. The fraction of sp³-hybridized carbons (Fsp3) is 0.375. The van der Waals surface area contributed by atoms with Gasteiger partial charge in [-0.3, -0.25) is 0 Å². The highest BCUT2D eigenvalue weighted by molar-refractivity contribution is 14.1. The lowest BCUT2D eigenvalue weighted by atomic mass is 10.3. The number of hydrogen-bond acceptors (Lipinski definition) is 4. The number of hydrogen-bond donors (Lipinski definition) is 1. The van der Waals surface area contributed by atoms with Crippen molar-refractivity contribution in [3.8, 4) is 11.5 Å². The van der Waals surface area contributed by atoms with Crippen LogP contribution in [0, 0.1) is 3.70 Å². The highest BCUT2D eigenvalue weighted by Crippen LogP contribution is 2.31. The number of methoxy groups -OCH3 is 1. The minimum absolute atomic E-state index is 0.0301. The molecule has 0 aliphatic rings. The van der Waals surface area contributed by atoms with E-state index in [0.29, 0.717) is 3.70 Å². The summed E-state index contributed by atoms with van der Waals surface area (Å²) in [6, 6.07) is 1.12. The van der Waals surface area contributed by atoms with E-state index in [0.717, 1.165) is 6.07 Å². The summed E-state index contributed by atoms with van der Waals surface area (Å²) in [5, 5.41) is 0. The van der Waals surface area contributed by atoms with Crippen LogP contribution in [0.5, 0.6) is 11.5 Å². The van der Waals surface area contributed by atoms with Gasteiger partial charge < -0.3 is 15.2 Å². The van der Waals surface area contributed by atoms with E-state index in [9.17, 15) is 13.2 Å².